The van der Waals surface area contributed by atoms with Crippen molar-refractivity contribution in [1.82, 2.24) is 5.16 Å². The molecule has 4 heteroatoms. The molecule has 0 saturated heterocycles. The van der Waals surface area contributed by atoms with E-state index in [1.165, 1.54) is 18.0 Å². The Balaban J connectivity index is 2.50. The van der Waals surface area contributed by atoms with E-state index < -0.39 is 0 Å². The van der Waals surface area contributed by atoms with Crippen LogP contribution in [0.25, 0.3) is 0 Å². The topological polar surface area (TPSA) is 52.0 Å². The maximum absolute atomic E-state index is 5.20. The molecule has 0 aliphatic carbocycles. The molecular formula is C4H6N2OS. The second kappa shape index (κ2) is 2.74. The summed E-state index contributed by atoms with van der Waals surface area (Å²) in [6, 6.07) is 1.78. The van der Waals surface area contributed by atoms with E-state index in [1.54, 1.807) is 6.07 Å². The first kappa shape index (κ1) is 5.65. The molecule has 1 aromatic heterocycles. The fraction of sp³-hybridized carbons (Fsp3) is 0.250. The van der Waals surface area contributed by atoms with Gasteiger partial charge in [-0.1, -0.05) is 16.9 Å². The molecule has 2 N–H and O–H groups in total. The molecule has 0 aliphatic heterocycles. The summed E-state index contributed by atoms with van der Waals surface area (Å²) in [4.78, 5) is 0. The standard InChI is InChI=1S/C4H6N2OS/c5-3-8-4-1-2-7-6-4/h1-2H,3,5H2. The van der Waals surface area contributed by atoms with Crippen molar-refractivity contribution in [2.45, 2.75) is 5.03 Å². The minimum Gasteiger partial charge on any atom is -0.364 e. The molecule has 0 amide bonds. The SMILES string of the molecule is NCSc1ccon1. The maximum Gasteiger partial charge on any atom is 0.140 e. The van der Waals surface area contributed by atoms with Crippen LogP contribution < -0.4 is 5.73 Å². The number of thioether (sulfide) groups is 1. The van der Waals surface area contributed by atoms with Gasteiger partial charge in [0.1, 0.15) is 11.3 Å². The first-order chi connectivity index (χ1) is 3.93. The summed E-state index contributed by atoms with van der Waals surface area (Å²) in [5.41, 5.74) is 5.20. The molecule has 0 unspecified atom stereocenters. The summed E-state index contributed by atoms with van der Waals surface area (Å²) in [5.74, 6) is 0.548. The maximum atomic E-state index is 5.20. The molecule has 1 aromatic rings. The number of nitrogens with two attached hydrogens (primary N) is 1. The third kappa shape index (κ3) is 1.24. The Kier molecular flexibility index (Phi) is 1.93. The normalized spacial score (nSPS) is 9.62. The first-order valence-electron chi connectivity index (χ1n) is 2.16. The largest absolute Gasteiger partial charge is 0.364 e. The van der Waals surface area contributed by atoms with Crippen LogP contribution in [0.15, 0.2) is 21.9 Å². The fourth-order valence-electron chi connectivity index (χ4n) is 0.361. The van der Waals surface area contributed by atoms with Crippen LogP contribution in [0.1, 0.15) is 0 Å². The summed E-state index contributed by atoms with van der Waals surface area (Å²) >= 11 is 1.45. The zero-order valence-electron chi connectivity index (χ0n) is 4.20. The third-order valence-corrected chi connectivity index (χ3v) is 1.32. The van der Waals surface area contributed by atoms with Gasteiger partial charge in [-0.25, -0.2) is 0 Å². The lowest BCUT2D eigenvalue weighted by Gasteiger charge is -1.83. The van der Waals surface area contributed by atoms with Crippen molar-refractivity contribution in [2.75, 3.05) is 5.88 Å². The van der Waals surface area contributed by atoms with Crippen LogP contribution in [-0.2, 0) is 0 Å². The molecule has 8 heavy (non-hydrogen) atoms. The third-order valence-electron chi connectivity index (χ3n) is 0.645. The average molecular weight is 130 g/mol. The van der Waals surface area contributed by atoms with Crippen molar-refractivity contribution in [3.63, 3.8) is 0 Å². The van der Waals surface area contributed by atoms with Gasteiger partial charge >= 0.3 is 0 Å². The van der Waals surface area contributed by atoms with Crippen molar-refractivity contribution in [2.24, 2.45) is 5.73 Å². The summed E-state index contributed by atoms with van der Waals surface area (Å²) in [5, 5.41) is 4.45. The van der Waals surface area contributed by atoms with E-state index >= 15 is 0 Å². The fourth-order valence-corrected chi connectivity index (χ4v) is 0.780. The molecule has 0 saturated carbocycles. The van der Waals surface area contributed by atoms with Crippen LogP contribution in [0.2, 0.25) is 0 Å². The number of hydrogen-bond acceptors (Lipinski definition) is 4. The molecule has 0 aromatic carbocycles. The molecule has 0 bridgehead atoms. The zero-order chi connectivity index (χ0) is 5.82. The molecule has 1 heterocycles. The summed E-state index contributed by atoms with van der Waals surface area (Å²) < 4.78 is 4.54. The van der Waals surface area contributed by atoms with Gasteiger partial charge in [-0.15, -0.1) is 0 Å². The number of hydrogen-bond donors (Lipinski definition) is 1. The smallest absolute Gasteiger partial charge is 0.140 e. The lowest BCUT2D eigenvalue weighted by Crippen LogP contribution is -1.90. The highest BCUT2D eigenvalue weighted by molar-refractivity contribution is 7.99. The van der Waals surface area contributed by atoms with Crippen molar-refractivity contribution < 1.29 is 4.52 Å². The Labute approximate surface area is 51.2 Å². The van der Waals surface area contributed by atoms with Crippen molar-refractivity contribution >= 4 is 11.8 Å². The second-order valence-corrected chi connectivity index (χ2v) is 2.19. The molecule has 44 valence electrons. The van der Waals surface area contributed by atoms with E-state index in [-0.39, 0.29) is 0 Å². The molecule has 0 atom stereocenters. The lowest BCUT2D eigenvalue weighted by atomic mass is 10.8. The number of aromatic nitrogens is 1. The quantitative estimate of drug-likeness (QED) is 0.472. The van der Waals surface area contributed by atoms with Gasteiger partial charge in [0.05, 0.1) is 0 Å². The highest BCUT2D eigenvalue weighted by Gasteiger charge is 1.91. The van der Waals surface area contributed by atoms with Gasteiger partial charge in [0, 0.05) is 11.9 Å². The summed E-state index contributed by atoms with van der Waals surface area (Å²) in [6.45, 7) is 0. The van der Waals surface area contributed by atoms with Crippen LogP contribution in [0.3, 0.4) is 0 Å². The van der Waals surface area contributed by atoms with E-state index in [4.69, 9.17) is 5.73 Å². The van der Waals surface area contributed by atoms with Gasteiger partial charge in [0.2, 0.25) is 0 Å². The van der Waals surface area contributed by atoms with Crippen molar-refractivity contribution in [3.8, 4) is 0 Å². The predicted molar refractivity (Wildman–Crippen MR) is 31.4 cm³/mol. The monoisotopic (exact) mass is 130 g/mol. The highest BCUT2D eigenvalue weighted by atomic mass is 32.2. The molecular weight excluding hydrogens is 124 g/mol. The minimum atomic E-state index is 0.548. The number of nitrogens with zero attached hydrogens (tertiary/aromatic N) is 1. The molecule has 0 fully saturated rings. The van der Waals surface area contributed by atoms with E-state index in [0.717, 1.165) is 5.03 Å². The van der Waals surface area contributed by atoms with Gasteiger partial charge in [0.15, 0.2) is 0 Å². The van der Waals surface area contributed by atoms with Crippen LogP contribution in [-0.4, -0.2) is 11.0 Å². The van der Waals surface area contributed by atoms with Crippen LogP contribution >= 0.6 is 11.8 Å². The highest BCUT2D eigenvalue weighted by Crippen LogP contribution is 2.10. The number of rotatable bonds is 2. The Morgan fingerprint density at radius 1 is 1.88 bits per heavy atom. The molecule has 0 aliphatic rings. The van der Waals surface area contributed by atoms with Crippen molar-refractivity contribution in [3.05, 3.63) is 12.3 Å². The molecule has 0 spiro atoms. The summed E-state index contributed by atoms with van der Waals surface area (Å²) in [6.07, 6.45) is 1.53. The molecule has 1 rings (SSSR count). The zero-order valence-corrected chi connectivity index (χ0v) is 5.02. The van der Waals surface area contributed by atoms with Gasteiger partial charge in [-0.2, -0.15) is 0 Å². The Hall–Kier alpha value is -0.480. The van der Waals surface area contributed by atoms with Gasteiger partial charge in [-0.3, -0.25) is 0 Å². The average Bonchev–Trinajstić information content (AvgIpc) is 2.19. The minimum absolute atomic E-state index is 0.548. The Bertz CT molecular complexity index is 140. The van der Waals surface area contributed by atoms with Gasteiger partial charge in [0.25, 0.3) is 0 Å². The Morgan fingerprint density at radius 3 is 3.25 bits per heavy atom. The van der Waals surface area contributed by atoms with Crippen LogP contribution in [0, 0.1) is 0 Å². The lowest BCUT2D eigenvalue weighted by molar-refractivity contribution is 0.404. The van der Waals surface area contributed by atoms with E-state index in [2.05, 4.69) is 9.68 Å². The van der Waals surface area contributed by atoms with E-state index in [0.29, 0.717) is 5.88 Å². The van der Waals surface area contributed by atoms with Gasteiger partial charge < -0.3 is 10.3 Å². The van der Waals surface area contributed by atoms with Gasteiger partial charge in [-0.05, 0) is 0 Å². The first-order valence-corrected chi connectivity index (χ1v) is 3.15. The molecule has 3 nitrogen and oxygen atoms in total. The van der Waals surface area contributed by atoms with Crippen LogP contribution in [0.5, 0.6) is 0 Å². The van der Waals surface area contributed by atoms with Crippen LogP contribution in [0.4, 0.5) is 0 Å². The molecule has 0 radical (unpaired) electrons. The van der Waals surface area contributed by atoms with E-state index in [1.807, 2.05) is 0 Å². The van der Waals surface area contributed by atoms with E-state index in [9.17, 15) is 0 Å². The summed E-state index contributed by atoms with van der Waals surface area (Å²) in [7, 11) is 0. The Morgan fingerprint density at radius 2 is 2.75 bits per heavy atom. The predicted octanol–water partition coefficient (Wildman–Crippen LogP) is 0.683. The van der Waals surface area contributed by atoms with Crippen molar-refractivity contribution in [1.29, 1.82) is 0 Å². The second-order valence-electron chi connectivity index (χ2n) is 1.15.